The van der Waals surface area contributed by atoms with E-state index in [0.717, 1.165) is 51.1 Å². The molecule has 41 heavy (non-hydrogen) atoms. The van der Waals surface area contributed by atoms with Gasteiger partial charge in [0.25, 0.3) is 0 Å². The Morgan fingerprint density at radius 2 is 1.29 bits per heavy atom. The van der Waals surface area contributed by atoms with Gasteiger partial charge in [-0.15, -0.1) is 0 Å². The number of nitrogens with zero attached hydrogens (tertiary/aromatic N) is 1. The zero-order chi connectivity index (χ0) is 30.4. The third kappa shape index (κ3) is 12.0. The molecule has 0 aliphatic heterocycles. The van der Waals surface area contributed by atoms with Crippen LogP contribution in [0.15, 0.2) is 29.4 Å². The summed E-state index contributed by atoms with van der Waals surface area (Å²) in [6, 6.07) is 8.44. The molecule has 2 heterocycles. The van der Waals surface area contributed by atoms with Crippen LogP contribution in [0.2, 0.25) is 0 Å². The van der Waals surface area contributed by atoms with Gasteiger partial charge in [0.1, 0.15) is 0 Å². The third-order valence-corrected chi connectivity index (χ3v) is 7.82. The molecule has 0 aliphatic rings. The number of hydrogen-bond acceptors (Lipinski definition) is 7. The van der Waals surface area contributed by atoms with Crippen LogP contribution in [0.5, 0.6) is 0 Å². The van der Waals surface area contributed by atoms with Crippen LogP contribution in [0.3, 0.4) is 0 Å². The Labute approximate surface area is 259 Å². The standard InChI is InChI=1S/C15H20N2O2S.C9H10N2S.C6H11BrO2/c1-4-19-14(18)6-5-7-20-15-16-12-8-10(2)11(3)9-13(12)17-15;1-5-3-7-8(4-6(5)2)11-9(12)10-7;1-2-9-6(8)4-3-5-7/h8-9H,4-7H2,1-3H3,(H,16,17);3-4H,1-2H3,(H2,10,11,12);2-5H2,1H3. The van der Waals surface area contributed by atoms with E-state index in [0.29, 0.717) is 30.8 Å². The van der Waals surface area contributed by atoms with Gasteiger partial charge in [-0.3, -0.25) is 9.59 Å². The van der Waals surface area contributed by atoms with Gasteiger partial charge in [0.15, 0.2) is 9.93 Å². The normalized spacial score (nSPS) is 10.5. The highest BCUT2D eigenvalue weighted by Crippen LogP contribution is 2.23. The first-order valence-electron chi connectivity index (χ1n) is 13.7. The van der Waals surface area contributed by atoms with Gasteiger partial charge in [0.2, 0.25) is 0 Å². The lowest BCUT2D eigenvalue weighted by atomic mass is 10.1. The van der Waals surface area contributed by atoms with Crippen LogP contribution < -0.4 is 0 Å². The Bertz CT molecular complexity index is 1400. The molecule has 224 valence electrons. The van der Waals surface area contributed by atoms with Gasteiger partial charge < -0.3 is 24.4 Å². The highest BCUT2D eigenvalue weighted by atomic mass is 79.9. The van der Waals surface area contributed by atoms with Gasteiger partial charge in [0, 0.05) is 23.9 Å². The number of benzene rings is 2. The van der Waals surface area contributed by atoms with Gasteiger partial charge in [0.05, 0.1) is 35.3 Å². The number of nitrogens with one attached hydrogen (secondary N) is 3. The predicted octanol–water partition coefficient (Wildman–Crippen LogP) is 8.18. The molecule has 0 atom stereocenters. The molecule has 0 bridgehead atoms. The number of thioether (sulfide) groups is 1. The molecule has 2 aromatic carbocycles. The summed E-state index contributed by atoms with van der Waals surface area (Å²) < 4.78 is 10.3. The van der Waals surface area contributed by atoms with E-state index in [2.05, 4.69) is 92.6 Å². The maximum Gasteiger partial charge on any atom is 0.305 e. The van der Waals surface area contributed by atoms with Crippen LogP contribution in [-0.2, 0) is 19.1 Å². The van der Waals surface area contributed by atoms with E-state index < -0.39 is 0 Å². The minimum atomic E-state index is -0.121. The van der Waals surface area contributed by atoms with E-state index in [-0.39, 0.29) is 11.9 Å². The van der Waals surface area contributed by atoms with Crippen LogP contribution in [0.25, 0.3) is 22.1 Å². The molecule has 0 saturated heterocycles. The minimum Gasteiger partial charge on any atom is -0.466 e. The van der Waals surface area contributed by atoms with E-state index in [4.69, 9.17) is 17.0 Å². The first kappa shape index (κ1) is 34.6. The Balaban J connectivity index is 0.000000238. The highest BCUT2D eigenvalue weighted by molar-refractivity contribution is 9.09. The van der Waals surface area contributed by atoms with Gasteiger partial charge in [-0.25, -0.2) is 4.98 Å². The molecule has 0 amide bonds. The number of hydrogen-bond donors (Lipinski definition) is 3. The summed E-state index contributed by atoms with van der Waals surface area (Å²) >= 11 is 9.85. The van der Waals surface area contributed by atoms with Crippen molar-refractivity contribution in [3.05, 3.63) is 51.3 Å². The van der Waals surface area contributed by atoms with Gasteiger partial charge in [-0.05, 0) is 113 Å². The lowest BCUT2D eigenvalue weighted by molar-refractivity contribution is -0.144. The summed E-state index contributed by atoms with van der Waals surface area (Å²) in [6.07, 6.45) is 2.66. The molecule has 0 unspecified atom stereocenters. The molecule has 4 aromatic rings. The number of rotatable bonds is 10. The van der Waals surface area contributed by atoms with Gasteiger partial charge >= 0.3 is 11.9 Å². The fourth-order valence-electron chi connectivity index (χ4n) is 3.68. The molecular weight excluding hydrogens is 624 g/mol. The third-order valence-electron chi connectivity index (χ3n) is 6.10. The smallest absolute Gasteiger partial charge is 0.305 e. The summed E-state index contributed by atoms with van der Waals surface area (Å²) in [6.45, 7) is 13.0. The molecule has 0 saturated carbocycles. The van der Waals surface area contributed by atoms with Crippen LogP contribution in [0.4, 0.5) is 0 Å². The van der Waals surface area contributed by atoms with E-state index >= 15 is 0 Å². The van der Waals surface area contributed by atoms with Crippen molar-refractivity contribution in [1.29, 1.82) is 0 Å². The van der Waals surface area contributed by atoms with Crippen molar-refractivity contribution < 1.29 is 19.1 Å². The number of alkyl halides is 1. The molecule has 0 fully saturated rings. The Morgan fingerprint density at radius 3 is 1.80 bits per heavy atom. The number of imidazole rings is 2. The summed E-state index contributed by atoms with van der Waals surface area (Å²) in [5, 5.41) is 1.78. The summed E-state index contributed by atoms with van der Waals surface area (Å²) in [5.74, 6) is 0.636. The molecule has 0 aliphatic carbocycles. The summed E-state index contributed by atoms with van der Waals surface area (Å²) in [7, 11) is 0. The number of carbonyl (C=O) groups is 2. The second-order valence-electron chi connectivity index (χ2n) is 9.41. The van der Waals surface area contributed by atoms with E-state index in [1.807, 2.05) is 13.8 Å². The van der Waals surface area contributed by atoms with Crippen molar-refractivity contribution in [2.24, 2.45) is 0 Å². The molecule has 4 rings (SSSR count). The SMILES string of the molecule is CCOC(=O)CCCBr.CCOC(=O)CCCSc1nc2cc(C)c(C)cc2[nH]1.Cc1cc2[nH]c(=S)[nH]c2cc1C. The lowest BCUT2D eigenvalue weighted by Gasteiger charge is -2.00. The number of aryl methyl sites for hydroxylation is 4. The minimum absolute atomic E-state index is 0.100. The fourth-order valence-corrected chi connectivity index (χ4v) is 5.00. The average Bonchev–Trinajstić information content (AvgIpc) is 3.48. The lowest BCUT2D eigenvalue weighted by Crippen LogP contribution is -2.03. The number of esters is 2. The Kier molecular flexibility index (Phi) is 15.2. The quantitative estimate of drug-likeness (QED) is 0.0515. The second-order valence-corrected chi connectivity index (χ2v) is 11.7. The van der Waals surface area contributed by atoms with Crippen LogP contribution in [-0.4, -0.2) is 56.2 Å². The maximum atomic E-state index is 11.2. The summed E-state index contributed by atoms with van der Waals surface area (Å²) in [5.41, 5.74) is 9.33. The van der Waals surface area contributed by atoms with Crippen molar-refractivity contribution in [1.82, 2.24) is 19.9 Å². The molecular formula is C30H41BrN4O4S2. The molecule has 3 N–H and O–H groups in total. The largest absolute Gasteiger partial charge is 0.466 e. The van der Waals surface area contributed by atoms with Crippen molar-refractivity contribution in [2.75, 3.05) is 24.3 Å². The zero-order valence-corrected chi connectivity index (χ0v) is 28.0. The Morgan fingerprint density at radius 1 is 0.805 bits per heavy atom. The van der Waals surface area contributed by atoms with Crippen LogP contribution in [0, 0.1) is 32.5 Å². The molecule has 8 nitrogen and oxygen atoms in total. The topological polar surface area (TPSA) is 113 Å². The number of ether oxygens (including phenoxy) is 2. The second kappa shape index (κ2) is 18.0. The highest BCUT2D eigenvalue weighted by Gasteiger charge is 2.07. The number of aromatic nitrogens is 4. The molecule has 2 aromatic heterocycles. The monoisotopic (exact) mass is 664 g/mol. The van der Waals surface area contributed by atoms with Crippen LogP contribution in [0.1, 0.15) is 61.8 Å². The van der Waals surface area contributed by atoms with Crippen molar-refractivity contribution in [2.45, 2.75) is 72.4 Å². The number of aromatic amines is 3. The molecule has 0 spiro atoms. The van der Waals surface area contributed by atoms with Gasteiger partial charge in [-0.1, -0.05) is 27.7 Å². The fraction of sp³-hybridized carbons (Fsp3) is 0.467. The van der Waals surface area contributed by atoms with Crippen molar-refractivity contribution in [3.63, 3.8) is 0 Å². The predicted molar refractivity (Wildman–Crippen MR) is 175 cm³/mol. The first-order chi connectivity index (χ1) is 19.6. The molecule has 0 radical (unpaired) electrons. The van der Waals surface area contributed by atoms with E-state index in [9.17, 15) is 9.59 Å². The Hall–Kier alpha value is -2.63. The van der Waals surface area contributed by atoms with E-state index in [1.165, 1.54) is 22.3 Å². The number of H-pyrrole nitrogens is 3. The number of carbonyl (C=O) groups excluding carboxylic acids is 2. The molecule has 11 heteroatoms. The first-order valence-corrected chi connectivity index (χ1v) is 16.3. The van der Waals surface area contributed by atoms with Crippen molar-refractivity contribution in [3.8, 4) is 0 Å². The van der Waals surface area contributed by atoms with E-state index in [1.54, 1.807) is 11.8 Å². The summed E-state index contributed by atoms with van der Waals surface area (Å²) in [4.78, 5) is 35.8. The number of halogens is 1. The zero-order valence-electron chi connectivity index (χ0n) is 24.7. The van der Waals surface area contributed by atoms with Gasteiger partial charge in [-0.2, -0.15) is 0 Å². The van der Waals surface area contributed by atoms with Crippen molar-refractivity contribution >= 4 is 73.9 Å². The number of fused-ring (bicyclic) bond motifs is 2. The maximum absolute atomic E-state index is 11.2. The van der Waals surface area contributed by atoms with Crippen LogP contribution >= 0.6 is 39.9 Å². The average molecular weight is 666 g/mol.